The Balaban J connectivity index is 2.41. The number of aliphatic imine (C=N–C) groups is 1. The number of thiocarbonyl (C=S) groups is 1. The maximum atomic E-state index is 5.48. The first-order valence-corrected chi connectivity index (χ1v) is 4.58. The zero-order chi connectivity index (χ0) is 9.97. The lowest BCUT2D eigenvalue weighted by Crippen LogP contribution is -2.10. The molecule has 0 radical (unpaired) electrons. The summed E-state index contributed by atoms with van der Waals surface area (Å²) in [4.78, 5) is 4.46. The first-order valence-electron chi connectivity index (χ1n) is 4.17. The predicted molar refractivity (Wildman–Crippen MR) is 62.5 cm³/mol. The summed E-state index contributed by atoms with van der Waals surface area (Å²) >= 11 is 4.84. The van der Waals surface area contributed by atoms with Gasteiger partial charge in [0.05, 0.1) is 0 Å². The second kappa shape index (κ2) is 3.59. The Labute approximate surface area is 87.3 Å². The van der Waals surface area contributed by atoms with Gasteiger partial charge < -0.3 is 11.1 Å². The van der Waals surface area contributed by atoms with E-state index in [2.05, 4.69) is 10.3 Å². The van der Waals surface area contributed by atoms with Crippen molar-refractivity contribution in [2.24, 2.45) is 10.7 Å². The minimum Gasteiger partial charge on any atom is -0.388 e. The van der Waals surface area contributed by atoms with Crippen LogP contribution in [0.15, 0.2) is 41.2 Å². The second-order valence-corrected chi connectivity index (χ2v) is 3.32. The molecule has 3 nitrogen and oxygen atoms in total. The van der Waals surface area contributed by atoms with Gasteiger partial charge in [-0.15, -0.1) is 0 Å². The van der Waals surface area contributed by atoms with Crippen LogP contribution in [0, 0.1) is 0 Å². The summed E-state index contributed by atoms with van der Waals surface area (Å²) in [6.45, 7) is 0. The number of nitrogens with two attached hydrogens (primary N) is 1. The smallest absolute Gasteiger partial charge is 0.124 e. The van der Waals surface area contributed by atoms with Crippen molar-refractivity contribution in [3.8, 4) is 0 Å². The minimum atomic E-state index is 0.293. The SMILES string of the molecule is NC(=S)C1=CNc2ccccc2C=N1. The number of rotatable bonds is 1. The van der Waals surface area contributed by atoms with E-state index in [1.54, 1.807) is 12.4 Å². The van der Waals surface area contributed by atoms with Gasteiger partial charge in [-0.3, -0.25) is 4.99 Å². The van der Waals surface area contributed by atoms with Gasteiger partial charge in [0.15, 0.2) is 0 Å². The van der Waals surface area contributed by atoms with Gasteiger partial charge in [-0.1, -0.05) is 30.4 Å². The van der Waals surface area contributed by atoms with Gasteiger partial charge in [0.2, 0.25) is 0 Å². The van der Waals surface area contributed by atoms with Crippen molar-refractivity contribution >= 4 is 29.1 Å². The van der Waals surface area contributed by atoms with E-state index < -0.39 is 0 Å². The molecule has 1 aromatic rings. The Morgan fingerprint density at radius 3 is 2.93 bits per heavy atom. The lowest BCUT2D eigenvalue weighted by Gasteiger charge is -2.01. The van der Waals surface area contributed by atoms with Gasteiger partial charge in [0.1, 0.15) is 10.7 Å². The summed E-state index contributed by atoms with van der Waals surface area (Å²) in [5.41, 5.74) is 8.10. The molecule has 1 aliphatic rings. The van der Waals surface area contributed by atoms with Crippen LogP contribution >= 0.6 is 12.2 Å². The lowest BCUT2D eigenvalue weighted by molar-refractivity contribution is 1.45. The Bertz CT molecular complexity index is 435. The maximum absolute atomic E-state index is 5.48. The highest BCUT2D eigenvalue weighted by Gasteiger charge is 2.04. The van der Waals surface area contributed by atoms with Crippen LogP contribution in [-0.4, -0.2) is 11.2 Å². The fourth-order valence-corrected chi connectivity index (χ4v) is 1.31. The molecule has 0 amide bonds. The molecule has 70 valence electrons. The quantitative estimate of drug-likeness (QED) is 0.682. The minimum absolute atomic E-state index is 0.293. The molecule has 0 atom stereocenters. The Hall–Kier alpha value is -1.68. The van der Waals surface area contributed by atoms with Crippen LogP contribution in [0.3, 0.4) is 0 Å². The summed E-state index contributed by atoms with van der Waals surface area (Å²) < 4.78 is 0. The van der Waals surface area contributed by atoms with E-state index in [1.165, 1.54) is 0 Å². The van der Waals surface area contributed by atoms with Crippen molar-refractivity contribution in [2.75, 3.05) is 5.32 Å². The average molecular weight is 203 g/mol. The highest BCUT2D eigenvalue weighted by Crippen LogP contribution is 2.16. The van der Waals surface area contributed by atoms with Crippen molar-refractivity contribution < 1.29 is 0 Å². The zero-order valence-electron chi connectivity index (χ0n) is 7.40. The number of nitrogens with one attached hydrogen (secondary N) is 1. The van der Waals surface area contributed by atoms with Gasteiger partial charge >= 0.3 is 0 Å². The van der Waals surface area contributed by atoms with Crippen molar-refractivity contribution in [1.29, 1.82) is 0 Å². The number of para-hydroxylation sites is 1. The van der Waals surface area contributed by atoms with Gasteiger partial charge in [-0.2, -0.15) is 0 Å². The largest absolute Gasteiger partial charge is 0.388 e. The highest BCUT2D eigenvalue weighted by molar-refractivity contribution is 7.80. The number of benzene rings is 1. The van der Waals surface area contributed by atoms with Crippen LogP contribution in [0.4, 0.5) is 5.69 Å². The van der Waals surface area contributed by atoms with Crippen molar-refractivity contribution in [1.82, 2.24) is 0 Å². The summed E-state index contributed by atoms with van der Waals surface area (Å²) in [5, 5.41) is 3.10. The topological polar surface area (TPSA) is 50.4 Å². The van der Waals surface area contributed by atoms with Crippen LogP contribution in [0.2, 0.25) is 0 Å². The number of hydrogen-bond donors (Lipinski definition) is 2. The first kappa shape index (κ1) is 8.90. The van der Waals surface area contributed by atoms with E-state index in [1.807, 2.05) is 24.3 Å². The first-order chi connectivity index (χ1) is 6.77. The third kappa shape index (κ3) is 1.65. The standard InChI is InChI=1S/C10H9N3S/c11-10(14)9-6-13-8-4-2-1-3-7(8)5-12-9/h1-6,13H,(H2,11,14). The molecule has 0 aromatic heterocycles. The molecule has 4 heteroatoms. The molecule has 3 N–H and O–H groups in total. The summed E-state index contributed by atoms with van der Waals surface area (Å²) in [6, 6.07) is 7.86. The fraction of sp³-hybridized carbons (Fsp3) is 0. The number of nitrogens with zero attached hydrogens (tertiary/aromatic N) is 1. The fourth-order valence-electron chi connectivity index (χ4n) is 1.20. The van der Waals surface area contributed by atoms with E-state index in [9.17, 15) is 0 Å². The van der Waals surface area contributed by atoms with Crippen LogP contribution < -0.4 is 11.1 Å². The van der Waals surface area contributed by atoms with E-state index >= 15 is 0 Å². The molecule has 1 aromatic carbocycles. The molecule has 0 bridgehead atoms. The van der Waals surface area contributed by atoms with E-state index in [0.717, 1.165) is 11.3 Å². The molecule has 0 spiro atoms. The third-order valence-corrected chi connectivity index (χ3v) is 2.13. The second-order valence-electron chi connectivity index (χ2n) is 2.88. The van der Waals surface area contributed by atoms with Crippen molar-refractivity contribution in [2.45, 2.75) is 0 Å². The Kier molecular flexibility index (Phi) is 2.28. The average Bonchev–Trinajstić information content (AvgIpc) is 2.39. The van der Waals surface area contributed by atoms with Crippen molar-refractivity contribution in [3.63, 3.8) is 0 Å². The molecule has 0 saturated heterocycles. The number of hydrogen-bond acceptors (Lipinski definition) is 3. The zero-order valence-corrected chi connectivity index (χ0v) is 8.21. The Morgan fingerprint density at radius 1 is 1.36 bits per heavy atom. The molecule has 0 fully saturated rings. The van der Waals surface area contributed by atoms with Gasteiger partial charge in [0.25, 0.3) is 0 Å². The van der Waals surface area contributed by atoms with Gasteiger partial charge in [-0.05, 0) is 6.07 Å². The van der Waals surface area contributed by atoms with Crippen LogP contribution in [0.1, 0.15) is 5.56 Å². The predicted octanol–water partition coefficient (Wildman–Crippen LogP) is 1.66. The molecule has 0 aliphatic carbocycles. The van der Waals surface area contributed by atoms with E-state index in [4.69, 9.17) is 18.0 Å². The molecule has 1 aliphatic heterocycles. The molecule has 0 saturated carbocycles. The monoisotopic (exact) mass is 203 g/mol. The molecule has 1 heterocycles. The normalized spacial score (nSPS) is 13.6. The molecule has 2 rings (SSSR count). The van der Waals surface area contributed by atoms with Gasteiger partial charge in [0, 0.05) is 23.7 Å². The van der Waals surface area contributed by atoms with E-state index in [-0.39, 0.29) is 0 Å². The summed E-state index contributed by atoms with van der Waals surface area (Å²) in [7, 11) is 0. The summed E-state index contributed by atoms with van der Waals surface area (Å²) in [5.74, 6) is 0. The molecular formula is C10H9N3S. The third-order valence-electron chi connectivity index (χ3n) is 1.92. The maximum Gasteiger partial charge on any atom is 0.124 e. The van der Waals surface area contributed by atoms with Crippen LogP contribution in [0.5, 0.6) is 0 Å². The Morgan fingerprint density at radius 2 is 2.14 bits per heavy atom. The lowest BCUT2D eigenvalue weighted by atomic mass is 10.2. The van der Waals surface area contributed by atoms with Crippen LogP contribution in [-0.2, 0) is 0 Å². The number of fused-ring (bicyclic) bond motifs is 1. The highest BCUT2D eigenvalue weighted by atomic mass is 32.1. The van der Waals surface area contributed by atoms with Crippen molar-refractivity contribution in [3.05, 3.63) is 41.7 Å². The van der Waals surface area contributed by atoms with Crippen LogP contribution in [0.25, 0.3) is 0 Å². The molecule has 0 unspecified atom stereocenters. The van der Waals surface area contributed by atoms with E-state index in [0.29, 0.717) is 10.7 Å². The number of anilines is 1. The van der Waals surface area contributed by atoms with Gasteiger partial charge in [-0.25, -0.2) is 0 Å². The molecule has 14 heavy (non-hydrogen) atoms. The molecular weight excluding hydrogens is 194 g/mol. The summed E-state index contributed by atoms with van der Waals surface area (Å²) in [6.07, 6.45) is 3.46.